The topological polar surface area (TPSA) is 43.1 Å². The largest absolute Gasteiger partial charge is 0.351 e. The molecule has 2 aromatic rings. The standard InChI is InChI=1S/C17H18ClNO2/c1-11-6-8-13(9-7-11)16-15(18)17(21-19-16)14(20)10-12-4-2-3-5-12/h6-9,12H,2-5,10H2,1H3. The first-order valence-electron chi connectivity index (χ1n) is 7.40. The number of rotatable bonds is 4. The number of Topliss-reactive ketones (excluding diaryl/α,β-unsaturated/α-hetero) is 1. The van der Waals surface area contributed by atoms with Gasteiger partial charge in [0, 0.05) is 12.0 Å². The minimum atomic E-state index is -0.0299. The van der Waals surface area contributed by atoms with Gasteiger partial charge in [0.15, 0.2) is 0 Å². The quantitative estimate of drug-likeness (QED) is 0.741. The van der Waals surface area contributed by atoms with Gasteiger partial charge in [0.25, 0.3) is 0 Å². The Labute approximate surface area is 129 Å². The molecule has 1 saturated carbocycles. The lowest BCUT2D eigenvalue weighted by atomic mass is 9.99. The second-order valence-corrected chi connectivity index (χ2v) is 6.20. The molecule has 3 rings (SSSR count). The highest BCUT2D eigenvalue weighted by Crippen LogP contribution is 2.33. The Hall–Kier alpha value is -1.61. The molecular formula is C17H18ClNO2. The van der Waals surface area contributed by atoms with Gasteiger partial charge in [-0.15, -0.1) is 0 Å². The van der Waals surface area contributed by atoms with Crippen molar-refractivity contribution >= 4 is 17.4 Å². The van der Waals surface area contributed by atoms with Crippen LogP contribution in [0.4, 0.5) is 0 Å². The monoisotopic (exact) mass is 303 g/mol. The Balaban J connectivity index is 1.81. The third-order valence-corrected chi connectivity index (χ3v) is 4.51. The van der Waals surface area contributed by atoms with Gasteiger partial charge in [-0.1, -0.05) is 72.3 Å². The predicted molar refractivity (Wildman–Crippen MR) is 82.6 cm³/mol. The van der Waals surface area contributed by atoms with E-state index in [-0.39, 0.29) is 11.5 Å². The van der Waals surface area contributed by atoms with Crippen LogP contribution in [0.15, 0.2) is 28.8 Å². The van der Waals surface area contributed by atoms with Gasteiger partial charge < -0.3 is 4.52 Å². The van der Waals surface area contributed by atoms with Crippen molar-refractivity contribution in [1.29, 1.82) is 0 Å². The van der Waals surface area contributed by atoms with Gasteiger partial charge in [0.05, 0.1) is 0 Å². The van der Waals surface area contributed by atoms with E-state index in [1.807, 2.05) is 31.2 Å². The summed E-state index contributed by atoms with van der Waals surface area (Å²) in [6.45, 7) is 2.02. The van der Waals surface area contributed by atoms with Crippen molar-refractivity contribution in [3.63, 3.8) is 0 Å². The number of carbonyl (C=O) groups is 1. The van der Waals surface area contributed by atoms with Crippen LogP contribution in [0.3, 0.4) is 0 Å². The van der Waals surface area contributed by atoms with Gasteiger partial charge in [0.1, 0.15) is 10.7 Å². The zero-order chi connectivity index (χ0) is 14.8. The Morgan fingerprint density at radius 3 is 2.62 bits per heavy atom. The molecule has 1 heterocycles. The molecule has 0 amide bonds. The summed E-state index contributed by atoms with van der Waals surface area (Å²) < 4.78 is 5.22. The van der Waals surface area contributed by atoms with Crippen molar-refractivity contribution in [1.82, 2.24) is 5.16 Å². The second kappa shape index (κ2) is 6.02. The van der Waals surface area contributed by atoms with Crippen molar-refractivity contribution in [2.75, 3.05) is 0 Å². The highest BCUT2D eigenvalue weighted by molar-refractivity contribution is 6.35. The zero-order valence-corrected chi connectivity index (χ0v) is 12.8. The minimum absolute atomic E-state index is 0.0299. The third kappa shape index (κ3) is 3.03. The summed E-state index contributed by atoms with van der Waals surface area (Å²) in [6.07, 6.45) is 5.21. The Bertz CT molecular complexity index is 639. The van der Waals surface area contributed by atoms with Crippen molar-refractivity contribution in [2.45, 2.75) is 39.0 Å². The lowest BCUT2D eigenvalue weighted by Gasteiger charge is -2.05. The zero-order valence-electron chi connectivity index (χ0n) is 12.1. The molecule has 3 nitrogen and oxygen atoms in total. The van der Waals surface area contributed by atoms with Crippen molar-refractivity contribution in [3.8, 4) is 11.3 Å². The summed E-state index contributed by atoms with van der Waals surface area (Å²) in [5.74, 6) is 0.651. The molecular weight excluding hydrogens is 286 g/mol. The number of hydrogen-bond acceptors (Lipinski definition) is 3. The number of carbonyl (C=O) groups excluding carboxylic acids is 1. The maximum absolute atomic E-state index is 12.3. The molecule has 110 valence electrons. The van der Waals surface area contributed by atoms with Gasteiger partial charge in [-0.3, -0.25) is 4.79 Å². The molecule has 4 heteroatoms. The molecule has 0 saturated heterocycles. The Morgan fingerprint density at radius 2 is 1.95 bits per heavy atom. The highest BCUT2D eigenvalue weighted by atomic mass is 35.5. The third-order valence-electron chi connectivity index (χ3n) is 4.16. The summed E-state index contributed by atoms with van der Waals surface area (Å²) in [7, 11) is 0. The molecule has 0 atom stereocenters. The van der Waals surface area contributed by atoms with Gasteiger partial charge in [-0.2, -0.15) is 0 Å². The maximum Gasteiger partial charge on any atom is 0.221 e. The van der Waals surface area contributed by atoms with Crippen LogP contribution < -0.4 is 0 Å². The Kier molecular flexibility index (Phi) is 4.11. The molecule has 1 fully saturated rings. The fourth-order valence-electron chi connectivity index (χ4n) is 2.91. The fourth-order valence-corrected chi connectivity index (χ4v) is 3.20. The summed E-state index contributed by atoms with van der Waals surface area (Å²) in [4.78, 5) is 12.3. The van der Waals surface area contributed by atoms with Crippen LogP contribution >= 0.6 is 11.6 Å². The van der Waals surface area contributed by atoms with E-state index in [0.29, 0.717) is 23.1 Å². The van der Waals surface area contributed by atoms with Crippen LogP contribution in [0.25, 0.3) is 11.3 Å². The van der Waals surface area contributed by atoms with E-state index < -0.39 is 0 Å². The van der Waals surface area contributed by atoms with E-state index in [0.717, 1.165) is 24.0 Å². The molecule has 0 unspecified atom stereocenters. The number of halogens is 1. The van der Waals surface area contributed by atoms with E-state index in [9.17, 15) is 4.79 Å². The summed E-state index contributed by atoms with van der Waals surface area (Å²) in [5.41, 5.74) is 2.58. The first-order valence-corrected chi connectivity index (χ1v) is 7.78. The summed E-state index contributed by atoms with van der Waals surface area (Å²) >= 11 is 6.30. The summed E-state index contributed by atoms with van der Waals surface area (Å²) in [5, 5.41) is 4.32. The van der Waals surface area contributed by atoms with Crippen LogP contribution in [0, 0.1) is 12.8 Å². The van der Waals surface area contributed by atoms with E-state index in [1.165, 1.54) is 12.8 Å². The molecule has 0 spiro atoms. The highest BCUT2D eigenvalue weighted by Gasteiger charge is 2.25. The molecule has 0 N–H and O–H groups in total. The van der Waals surface area contributed by atoms with Crippen molar-refractivity contribution in [2.24, 2.45) is 5.92 Å². The van der Waals surface area contributed by atoms with E-state index in [4.69, 9.17) is 16.1 Å². The van der Waals surface area contributed by atoms with Crippen LogP contribution in [0.5, 0.6) is 0 Å². The molecule has 1 aromatic carbocycles. The molecule has 1 aromatic heterocycles. The normalized spacial score (nSPS) is 15.5. The average molecular weight is 304 g/mol. The fraction of sp³-hybridized carbons (Fsp3) is 0.412. The molecule has 21 heavy (non-hydrogen) atoms. The Morgan fingerprint density at radius 1 is 1.29 bits per heavy atom. The van der Waals surface area contributed by atoms with E-state index >= 15 is 0 Å². The van der Waals surface area contributed by atoms with Gasteiger partial charge >= 0.3 is 0 Å². The minimum Gasteiger partial charge on any atom is -0.351 e. The second-order valence-electron chi connectivity index (χ2n) is 5.82. The predicted octanol–water partition coefficient (Wildman–Crippen LogP) is 5.07. The van der Waals surface area contributed by atoms with Crippen LogP contribution in [-0.4, -0.2) is 10.9 Å². The van der Waals surface area contributed by atoms with Crippen LogP contribution in [0.2, 0.25) is 5.02 Å². The lowest BCUT2D eigenvalue weighted by Crippen LogP contribution is -2.05. The number of benzene rings is 1. The van der Waals surface area contributed by atoms with Crippen molar-refractivity contribution in [3.05, 3.63) is 40.6 Å². The average Bonchev–Trinajstić information content (AvgIpc) is 3.09. The SMILES string of the molecule is Cc1ccc(-c2noc(C(=O)CC3CCCC3)c2Cl)cc1. The van der Waals surface area contributed by atoms with Crippen LogP contribution in [0.1, 0.15) is 48.2 Å². The number of nitrogens with zero attached hydrogens (tertiary/aromatic N) is 1. The number of aryl methyl sites for hydroxylation is 1. The molecule has 1 aliphatic carbocycles. The number of ketones is 1. The number of aromatic nitrogens is 1. The van der Waals surface area contributed by atoms with Crippen LogP contribution in [-0.2, 0) is 0 Å². The first-order chi connectivity index (χ1) is 10.1. The maximum atomic E-state index is 12.3. The lowest BCUT2D eigenvalue weighted by molar-refractivity contribution is 0.0926. The van der Waals surface area contributed by atoms with Gasteiger partial charge in [-0.25, -0.2) is 0 Å². The van der Waals surface area contributed by atoms with E-state index in [2.05, 4.69) is 5.16 Å². The molecule has 0 aliphatic heterocycles. The molecule has 0 bridgehead atoms. The molecule has 1 aliphatic rings. The van der Waals surface area contributed by atoms with E-state index in [1.54, 1.807) is 0 Å². The first kappa shape index (κ1) is 14.3. The van der Waals surface area contributed by atoms with Crippen molar-refractivity contribution < 1.29 is 9.32 Å². The molecule has 0 radical (unpaired) electrons. The number of hydrogen-bond donors (Lipinski definition) is 0. The smallest absolute Gasteiger partial charge is 0.221 e. The summed E-state index contributed by atoms with van der Waals surface area (Å²) in [6, 6.07) is 7.84. The van der Waals surface area contributed by atoms with Gasteiger partial charge in [-0.05, 0) is 12.8 Å². The van der Waals surface area contributed by atoms with Gasteiger partial charge in [0.2, 0.25) is 11.5 Å².